The highest BCUT2D eigenvalue weighted by atomic mass is 16.6. The molecule has 156 valence electrons. The molecule has 1 aliphatic heterocycles. The van der Waals surface area contributed by atoms with E-state index in [-0.39, 0.29) is 12.2 Å². The van der Waals surface area contributed by atoms with Crippen LogP contribution in [0.15, 0.2) is 30.3 Å². The number of hydrogen-bond donors (Lipinski definition) is 1. The molecule has 1 aromatic heterocycles. The third-order valence-corrected chi connectivity index (χ3v) is 4.60. The predicted octanol–water partition coefficient (Wildman–Crippen LogP) is 3.90. The van der Waals surface area contributed by atoms with Crippen molar-refractivity contribution in [1.29, 1.82) is 0 Å². The number of aromatic nitrogens is 1. The summed E-state index contributed by atoms with van der Waals surface area (Å²) >= 11 is 0. The van der Waals surface area contributed by atoms with E-state index in [9.17, 15) is 4.79 Å². The van der Waals surface area contributed by atoms with Crippen molar-refractivity contribution in [2.45, 2.75) is 45.8 Å². The van der Waals surface area contributed by atoms with Crippen LogP contribution in [0.3, 0.4) is 0 Å². The summed E-state index contributed by atoms with van der Waals surface area (Å²) < 4.78 is 17.1. The monoisotopic (exact) mass is 399 g/mol. The molecule has 0 atom stereocenters. The Hall–Kier alpha value is -2.96. The minimum Gasteiger partial charge on any atom is -0.496 e. The zero-order valence-corrected chi connectivity index (χ0v) is 17.7. The maximum absolute atomic E-state index is 12.1. The van der Waals surface area contributed by atoms with Gasteiger partial charge in [-0.25, -0.2) is 9.78 Å². The number of ether oxygens (including phenoxy) is 3. The summed E-state index contributed by atoms with van der Waals surface area (Å²) in [6, 6.07) is 9.43. The van der Waals surface area contributed by atoms with Gasteiger partial charge < -0.3 is 24.8 Å². The fourth-order valence-corrected chi connectivity index (χ4v) is 3.13. The molecule has 2 aromatic rings. The van der Waals surface area contributed by atoms with Crippen molar-refractivity contribution in [3.05, 3.63) is 35.9 Å². The molecule has 0 bridgehead atoms. The van der Waals surface area contributed by atoms with Gasteiger partial charge in [0.05, 0.1) is 25.9 Å². The molecule has 0 saturated carbocycles. The predicted molar refractivity (Wildman–Crippen MR) is 112 cm³/mol. The van der Waals surface area contributed by atoms with Gasteiger partial charge in [-0.3, -0.25) is 0 Å². The lowest BCUT2D eigenvalue weighted by Gasteiger charge is -2.39. The van der Waals surface area contributed by atoms with Crippen LogP contribution in [0.1, 0.15) is 33.3 Å². The van der Waals surface area contributed by atoms with E-state index >= 15 is 0 Å². The summed E-state index contributed by atoms with van der Waals surface area (Å²) in [6.07, 6.45) is 0.402. The molecular weight excluding hydrogens is 370 g/mol. The van der Waals surface area contributed by atoms with E-state index in [0.29, 0.717) is 24.7 Å². The van der Waals surface area contributed by atoms with Gasteiger partial charge in [-0.2, -0.15) is 0 Å². The van der Waals surface area contributed by atoms with E-state index < -0.39 is 5.60 Å². The number of anilines is 1. The second-order valence-corrected chi connectivity index (χ2v) is 8.09. The first-order valence-corrected chi connectivity index (χ1v) is 9.78. The maximum Gasteiger partial charge on any atom is 0.410 e. The fourth-order valence-electron chi connectivity index (χ4n) is 3.13. The summed E-state index contributed by atoms with van der Waals surface area (Å²) in [7, 11) is 1.62. The van der Waals surface area contributed by atoms with Crippen molar-refractivity contribution in [3.63, 3.8) is 0 Å². The average molecular weight is 399 g/mol. The Morgan fingerprint density at radius 3 is 2.55 bits per heavy atom. The van der Waals surface area contributed by atoms with Crippen LogP contribution in [-0.4, -0.2) is 47.9 Å². The van der Waals surface area contributed by atoms with Crippen molar-refractivity contribution in [3.8, 4) is 22.8 Å². The zero-order chi connectivity index (χ0) is 21.2. The van der Waals surface area contributed by atoms with E-state index in [0.717, 1.165) is 29.0 Å². The van der Waals surface area contributed by atoms with Gasteiger partial charge in [-0.05, 0) is 51.0 Å². The number of amides is 1. The Bertz CT molecular complexity index is 886. The highest BCUT2D eigenvalue weighted by molar-refractivity contribution is 5.71. The molecule has 7 heteroatoms. The summed E-state index contributed by atoms with van der Waals surface area (Å²) in [5.41, 5.74) is 8.00. The summed E-state index contributed by atoms with van der Waals surface area (Å²) in [5.74, 6) is 1.88. The Balaban J connectivity index is 1.75. The summed E-state index contributed by atoms with van der Waals surface area (Å²) in [5, 5.41) is 0. The zero-order valence-electron chi connectivity index (χ0n) is 17.7. The lowest BCUT2D eigenvalue weighted by Crippen LogP contribution is -2.57. The molecule has 0 spiro atoms. The summed E-state index contributed by atoms with van der Waals surface area (Å²) in [6.45, 7) is 8.64. The van der Waals surface area contributed by atoms with E-state index in [4.69, 9.17) is 19.9 Å². The van der Waals surface area contributed by atoms with E-state index in [1.54, 1.807) is 18.1 Å². The van der Waals surface area contributed by atoms with Crippen molar-refractivity contribution < 1.29 is 19.0 Å². The number of rotatable bonds is 5. The van der Waals surface area contributed by atoms with Gasteiger partial charge in [0.1, 0.15) is 29.0 Å². The second-order valence-electron chi connectivity index (χ2n) is 8.09. The smallest absolute Gasteiger partial charge is 0.410 e. The van der Waals surface area contributed by atoms with Crippen LogP contribution < -0.4 is 15.2 Å². The van der Waals surface area contributed by atoms with Gasteiger partial charge in [-0.15, -0.1) is 0 Å². The molecule has 1 aromatic carbocycles. The van der Waals surface area contributed by atoms with Crippen molar-refractivity contribution >= 4 is 11.9 Å². The average Bonchev–Trinajstić information content (AvgIpc) is 2.62. The highest BCUT2D eigenvalue weighted by Crippen LogP contribution is 2.37. The molecule has 0 unspecified atom stereocenters. The molecular formula is C22H29N3O4. The van der Waals surface area contributed by atoms with Crippen LogP contribution >= 0.6 is 0 Å². The molecule has 0 radical (unpaired) electrons. The fraction of sp³-hybridized carbons (Fsp3) is 0.455. The number of hydrogen-bond acceptors (Lipinski definition) is 6. The second kappa shape index (κ2) is 8.19. The van der Waals surface area contributed by atoms with Gasteiger partial charge in [0, 0.05) is 11.6 Å². The van der Waals surface area contributed by atoms with E-state index in [2.05, 4.69) is 11.9 Å². The van der Waals surface area contributed by atoms with E-state index in [1.165, 1.54) is 0 Å². The van der Waals surface area contributed by atoms with Crippen molar-refractivity contribution in [2.75, 3.05) is 25.9 Å². The maximum atomic E-state index is 12.1. The molecule has 29 heavy (non-hydrogen) atoms. The van der Waals surface area contributed by atoms with Crippen LogP contribution in [0.5, 0.6) is 11.5 Å². The van der Waals surface area contributed by atoms with Gasteiger partial charge in [0.25, 0.3) is 0 Å². The molecule has 3 rings (SSSR count). The number of nitrogens with two attached hydrogens (primary N) is 1. The van der Waals surface area contributed by atoms with Crippen LogP contribution in [-0.2, 0) is 11.2 Å². The first-order chi connectivity index (χ1) is 13.7. The number of nitrogens with zero attached hydrogens (tertiary/aromatic N) is 2. The van der Waals surface area contributed by atoms with Crippen LogP contribution in [0.2, 0.25) is 0 Å². The first-order valence-electron chi connectivity index (χ1n) is 9.78. The molecule has 1 amide bonds. The Morgan fingerprint density at radius 2 is 1.97 bits per heavy atom. The van der Waals surface area contributed by atoms with Crippen LogP contribution in [0, 0.1) is 0 Å². The number of aryl methyl sites for hydroxylation is 1. The molecule has 0 aliphatic carbocycles. The number of benzene rings is 1. The highest BCUT2D eigenvalue weighted by Gasteiger charge is 2.35. The number of nitrogen functional groups attached to an aromatic ring is 1. The van der Waals surface area contributed by atoms with Gasteiger partial charge in [0.2, 0.25) is 0 Å². The minimum atomic E-state index is -0.503. The van der Waals surface area contributed by atoms with Crippen LogP contribution in [0.4, 0.5) is 10.6 Å². The molecule has 1 fully saturated rings. The van der Waals surface area contributed by atoms with Gasteiger partial charge >= 0.3 is 6.09 Å². The van der Waals surface area contributed by atoms with Gasteiger partial charge in [0.15, 0.2) is 0 Å². The molecule has 7 nitrogen and oxygen atoms in total. The molecule has 2 heterocycles. The normalized spacial score (nSPS) is 14.3. The largest absolute Gasteiger partial charge is 0.496 e. The Kier molecular flexibility index (Phi) is 5.86. The quantitative estimate of drug-likeness (QED) is 0.820. The molecule has 2 N–H and O–H groups in total. The standard InChI is InChI=1S/C22H29N3O4/c1-6-14-10-16(17-8-7-9-20(23)24-17)19(27-5)11-18(14)28-15-12-25(13-15)21(26)29-22(2,3)4/h7-11,15H,6,12-13H2,1-5H3,(H2,23,24). The Morgan fingerprint density at radius 1 is 1.24 bits per heavy atom. The van der Waals surface area contributed by atoms with E-state index in [1.807, 2.05) is 45.0 Å². The SMILES string of the molecule is CCc1cc(-c2cccc(N)n2)c(OC)cc1OC1CN(C(=O)OC(C)(C)C)C1. The van der Waals surface area contributed by atoms with Crippen molar-refractivity contribution in [1.82, 2.24) is 9.88 Å². The minimum absolute atomic E-state index is 0.0751. The number of carbonyl (C=O) groups is 1. The number of carbonyl (C=O) groups excluding carboxylic acids is 1. The Labute approximate surface area is 171 Å². The number of methoxy groups -OCH3 is 1. The lowest BCUT2D eigenvalue weighted by atomic mass is 10.0. The topological polar surface area (TPSA) is 86.9 Å². The van der Waals surface area contributed by atoms with Gasteiger partial charge in [-0.1, -0.05) is 13.0 Å². The van der Waals surface area contributed by atoms with Crippen LogP contribution in [0.25, 0.3) is 11.3 Å². The molecule has 1 aliphatic rings. The number of likely N-dealkylation sites (tertiary alicyclic amines) is 1. The third-order valence-electron chi connectivity index (χ3n) is 4.60. The van der Waals surface area contributed by atoms with Crippen molar-refractivity contribution in [2.24, 2.45) is 0 Å². The lowest BCUT2D eigenvalue weighted by molar-refractivity contribution is -0.0223. The number of pyridine rings is 1. The first kappa shape index (κ1) is 20.8. The molecule has 1 saturated heterocycles. The third kappa shape index (κ3) is 4.91. The summed E-state index contributed by atoms with van der Waals surface area (Å²) in [4.78, 5) is 18.1.